The molecule has 1 heterocycles. The minimum atomic E-state index is -0.0750. The molecule has 18 heavy (non-hydrogen) atoms. The Morgan fingerprint density at radius 1 is 1.33 bits per heavy atom. The van der Waals surface area contributed by atoms with Gasteiger partial charge in [0.15, 0.2) is 0 Å². The molecule has 1 aromatic rings. The lowest BCUT2D eigenvalue weighted by atomic mass is 10.2. The van der Waals surface area contributed by atoms with Gasteiger partial charge in [-0.15, -0.1) is 0 Å². The van der Waals surface area contributed by atoms with E-state index in [2.05, 4.69) is 10.6 Å². The molecule has 1 fully saturated rings. The van der Waals surface area contributed by atoms with E-state index in [9.17, 15) is 9.59 Å². The quantitative estimate of drug-likeness (QED) is 0.855. The van der Waals surface area contributed by atoms with Crippen LogP contribution in [0.1, 0.15) is 13.8 Å². The van der Waals surface area contributed by atoms with Crippen molar-refractivity contribution < 1.29 is 9.59 Å². The molecule has 2 rings (SSSR count). The fourth-order valence-corrected chi connectivity index (χ4v) is 1.73. The summed E-state index contributed by atoms with van der Waals surface area (Å²) in [5, 5.41) is 5.56. The minimum absolute atomic E-state index is 0.0123. The molecular formula is C13H17N3O2. The predicted molar refractivity (Wildman–Crippen MR) is 70.7 cm³/mol. The zero-order valence-electron chi connectivity index (χ0n) is 10.6. The molecule has 0 spiro atoms. The maximum atomic E-state index is 11.5. The first kappa shape index (κ1) is 12.4. The van der Waals surface area contributed by atoms with Crippen LogP contribution in [-0.4, -0.2) is 25.0 Å². The average Bonchev–Trinajstić information content (AvgIpc) is 2.76. The van der Waals surface area contributed by atoms with Gasteiger partial charge in [0.2, 0.25) is 5.91 Å². The predicted octanol–water partition coefficient (Wildman–Crippen LogP) is 1.81. The van der Waals surface area contributed by atoms with E-state index in [0.717, 1.165) is 11.4 Å². The molecule has 1 aromatic carbocycles. The molecule has 0 unspecified atom stereocenters. The van der Waals surface area contributed by atoms with Gasteiger partial charge < -0.3 is 10.6 Å². The number of nitrogens with one attached hydrogen (secondary N) is 2. The maximum absolute atomic E-state index is 11.5. The van der Waals surface area contributed by atoms with Gasteiger partial charge in [-0.1, -0.05) is 13.8 Å². The molecule has 0 aliphatic carbocycles. The van der Waals surface area contributed by atoms with Gasteiger partial charge in [0.25, 0.3) is 0 Å². The minimum Gasteiger partial charge on any atom is -0.336 e. The molecule has 0 saturated carbocycles. The molecule has 5 heteroatoms. The summed E-state index contributed by atoms with van der Waals surface area (Å²) in [6.45, 7) is 5.04. The topological polar surface area (TPSA) is 61.4 Å². The average molecular weight is 247 g/mol. The van der Waals surface area contributed by atoms with Crippen LogP contribution in [0, 0.1) is 5.92 Å². The Bertz CT molecular complexity index is 454. The van der Waals surface area contributed by atoms with Gasteiger partial charge in [0.1, 0.15) is 0 Å². The number of hydrogen-bond donors (Lipinski definition) is 2. The molecule has 1 aliphatic heterocycles. The third-order valence-electron chi connectivity index (χ3n) is 2.83. The summed E-state index contributed by atoms with van der Waals surface area (Å²) in [4.78, 5) is 24.7. The van der Waals surface area contributed by atoms with Crippen LogP contribution in [-0.2, 0) is 4.79 Å². The van der Waals surface area contributed by atoms with E-state index in [0.29, 0.717) is 13.1 Å². The Labute approximate surface area is 106 Å². The Morgan fingerprint density at radius 2 is 2.00 bits per heavy atom. The number of anilines is 2. The van der Waals surface area contributed by atoms with E-state index < -0.39 is 0 Å². The first-order valence-electron chi connectivity index (χ1n) is 6.04. The highest BCUT2D eigenvalue weighted by atomic mass is 16.2. The van der Waals surface area contributed by atoms with Crippen LogP contribution in [0.2, 0.25) is 0 Å². The third kappa shape index (κ3) is 2.61. The van der Waals surface area contributed by atoms with E-state index in [-0.39, 0.29) is 17.9 Å². The molecule has 0 aromatic heterocycles. The molecule has 3 amide bonds. The normalized spacial score (nSPS) is 14.8. The van der Waals surface area contributed by atoms with Crippen molar-refractivity contribution in [2.24, 2.45) is 5.92 Å². The number of hydrogen-bond acceptors (Lipinski definition) is 2. The second kappa shape index (κ2) is 5.08. The lowest BCUT2D eigenvalue weighted by Crippen LogP contribution is -2.27. The van der Waals surface area contributed by atoms with Crippen molar-refractivity contribution in [3.8, 4) is 0 Å². The van der Waals surface area contributed by atoms with Crippen molar-refractivity contribution in [2.45, 2.75) is 13.8 Å². The maximum Gasteiger partial charge on any atom is 0.321 e. The van der Waals surface area contributed by atoms with E-state index in [1.807, 2.05) is 26.0 Å². The first-order chi connectivity index (χ1) is 8.58. The van der Waals surface area contributed by atoms with Crippen LogP contribution in [0.5, 0.6) is 0 Å². The summed E-state index contributed by atoms with van der Waals surface area (Å²) >= 11 is 0. The largest absolute Gasteiger partial charge is 0.336 e. The van der Waals surface area contributed by atoms with Gasteiger partial charge in [0, 0.05) is 30.4 Å². The number of benzene rings is 1. The second-order valence-electron chi connectivity index (χ2n) is 4.57. The summed E-state index contributed by atoms with van der Waals surface area (Å²) in [5.41, 5.74) is 1.59. The number of carbonyl (C=O) groups is 2. The molecule has 1 aliphatic rings. The van der Waals surface area contributed by atoms with Crippen molar-refractivity contribution in [3.63, 3.8) is 0 Å². The second-order valence-corrected chi connectivity index (χ2v) is 4.57. The summed E-state index contributed by atoms with van der Waals surface area (Å²) in [5.74, 6) is -0.0595. The molecule has 2 N–H and O–H groups in total. The molecule has 0 atom stereocenters. The van der Waals surface area contributed by atoms with Gasteiger partial charge in [-0.25, -0.2) is 4.79 Å². The van der Waals surface area contributed by atoms with Crippen LogP contribution in [0.15, 0.2) is 24.3 Å². The fraction of sp³-hybridized carbons (Fsp3) is 0.385. The Hall–Kier alpha value is -2.04. The lowest BCUT2D eigenvalue weighted by Gasteiger charge is -2.15. The Balaban J connectivity index is 2.06. The van der Waals surface area contributed by atoms with Crippen LogP contribution in [0.25, 0.3) is 0 Å². The number of nitrogens with zero attached hydrogens (tertiary/aromatic N) is 1. The monoisotopic (exact) mass is 247 g/mol. The third-order valence-corrected chi connectivity index (χ3v) is 2.83. The van der Waals surface area contributed by atoms with Gasteiger partial charge in [-0.05, 0) is 24.3 Å². The zero-order valence-corrected chi connectivity index (χ0v) is 10.6. The highest BCUT2D eigenvalue weighted by Crippen LogP contribution is 2.19. The van der Waals surface area contributed by atoms with E-state index >= 15 is 0 Å². The Kier molecular flexibility index (Phi) is 3.50. The summed E-state index contributed by atoms with van der Waals surface area (Å²) in [6.07, 6.45) is 0. The number of rotatable bonds is 3. The van der Waals surface area contributed by atoms with Crippen molar-refractivity contribution in [1.82, 2.24) is 5.32 Å². The highest BCUT2D eigenvalue weighted by Gasteiger charge is 2.20. The van der Waals surface area contributed by atoms with Crippen molar-refractivity contribution in [3.05, 3.63) is 24.3 Å². The van der Waals surface area contributed by atoms with Gasteiger partial charge in [0.05, 0.1) is 0 Å². The van der Waals surface area contributed by atoms with E-state index in [1.54, 1.807) is 17.0 Å². The highest BCUT2D eigenvalue weighted by molar-refractivity contribution is 5.95. The molecule has 0 bridgehead atoms. The van der Waals surface area contributed by atoms with Crippen molar-refractivity contribution in [1.29, 1.82) is 0 Å². The van der Waals surface area contributed by atoms with Crippen molar-refractivity contribution >= 4 is 23.3 Å². The number of amides is 3. The number of carbonyl (C=O) groups excluding carboxylic acids is 2. The zero-order chi connectivity index (χ0) is 13.1. The van der Waals surface area contributed by atoms with Crippen LogP contribution < -0.4 is 15.5 Å². The molecule has 96 valence electrons. The summed E-state index contributed by atoms with van der Waals surface area (Å²) in [7, 11) is 0. The molecule has 0 radical (unpaired) electrons. The Morgan fingerprint density at radius 3 is 2.50 bits per heavy atom. The number of urea groups is 1. The molecule has 1 saturated heterocycles. The SMILES string of the molecule is CC(C)C(=O)Nc1ccc(N2CCNC2=O)cc1. The van der Waals surface area contributed by atoms with Crippen LogP contribution >= 0.6 is 0 Å². The van der Waals surface area contributed by atoms with Gasteiger partial charge in [-0.3, -0.25) is 9.69 Å². The van der Waals surface area contributed by atoms with Crippen LogP contribution in [0.3, 0.4) is 0 Å². The standard InChI is InChI=1S/C13H17N3O2/c1-9(2)12(17)15-10-3-5-11(6-4-10)16-8-7-14-13(16)18/h3-6,9H,7-8H2,1-2H3,(H,14,18)(H,15,17). The first-order valence-corrected chi connectivity index (χ1v) is 6.04. The fourth-order valence-electron chi connectivity index (χ4n) is 1.73. The summed E-state index contributed by atoms with van der Waals surface area (Å²) in [6, 6.07) is 7.21. The smallest absolute Gasteiger partial charge is 0.321 e. The van der Waals surface area contributed by atoms with E-state index in [1.165, 1.54) is 0 Å². The summed E-state index contributed by atoms with van der Waals surface area (Å²) < 4.78 is 0. The molecule has 5 nitrogen and oxygen atoms in total. The van der Waals surface area contributed by atoms with Gasteiger partial charge in [-0.2, -0.15) is 0 Å². The molecular weight excluding hydrogens is 230 g/mol. The van der Waals surface area contributed by atoms with E-state index in [4.69, 9.17) is 0 Å². The van der Waals surface area contributed by atoms with Crippen LogP contribution in [0.4, 0.5) is 16.2 Å². The van der Waals surface area contributed by atoms with Gasteiger partial charge >= 0.3 is 6.03 Å². The van der Waals surface area contributed by atoms with Crippen molar-refractivity contribution in [2.75, 3.05) is 23.3 Å². The lowest BCUT2D eigenvalue weighted by molar-refractivity contribution is -0.118.